The van der Waals surface area contributed by atoms with Crippen molar-refractivity contribution in [2.24, 2.45) is 0 Å². The lowest BCUT2D eigenvalue weighted by Crippen LogP contribution is -2.13. The van der Waals surface area contributed by atoms with E-state index in [0.29, 0.717) is 22.5 Å². The first-order chi connectivity index (χ1) is 11.4. The molecule has 0 aliphatic rings. The molecular weight excluding hydrogens is 326 g/mol. The predicted octanol–water partition coefficient (Wildman–Crippen LogP) is 2.86. The zero-order chi connectivity index (χ0) is 17.2. The van der Waals surface area contributed by atoms with Crippen LogP contribution in [0.5, 0.6) is 0 Å². The zero-order valence-electron chi connectivity index (χ0n) is 12.9. The summed E-state index contributed by atoms with van der Waals surface area (Å²) >= 11 is 0. The predicted molar refractivity (Wildman–Crippen MR) is 94.6 cm³/mol. The maximum atomic E-state index is 12.4. The smallest absolute Gasteiger partial charge is 0.255 e. The van der Waals surface area contributed by atoms with Crippen molar-refractivity contribution in [1.82, 2.24) is 4.98 Å². The average Bonchev–Trinajstić information content (AvgIpc) is 2.54. The van der Waals surface area contributed by atoms with Gasteiger partial charge in [0.25, 0.3) is 5.91 Å². The normalized spacial score (nSPS) is 11.2. The van der Waals surface area contributed by atoms with Gasteiger partial charge in [-0.25, -0.2) is 8.42 Å². The van der Waals surface area contributed by atoms with Gasteiger partial charge in [-0.15, -0.1) is 0 Å². The number of benzene rings is 2. The highest BCUT2D eigenvalue weighted by molar-refractivity contribution is 7.92. The van der Waals surface area contributed by atoms with Crippen molar-refractivity contribution >= 4 is 38.2 Å². The Balaban J connectivity index is 1.82. The lowest BCUT2D eigenvalue weighted by atomic mass is 10.1. The molecule has 3 aromatic rings. The molecule has 0 saturated carbocycles. The van der Waals surface area contributed by atoms with Gasteiger partial charge in [-0.05, 0) is 36.4 Å². The van der Waals surface area contributed by atoms with Crippen LogP contribution in [0.4, 0.5) is 11.4 Å². The monoisotopic (exact) mass is 341 g/mol. The molecule has 122 valence electrons. The van der Waals surface area contributed by atoms with E-state index < -0.39 is 10.0 Å². The van der Waals surface area contributed by atoms with E-state index in [0.717, 1.165) is 11.6 Å². The van der Waals surface area contributed by atoms with Crippen LogP contribution in [0.3, 0.4) is 0 Å². The second kappa shape index (κ2) is 6.29. The lowest BCUT2D eigenvalue weighted by Gasteiger charge is -2.09. The van der Waals surface area contributed by atoms with Crippen molar-refractivity contribution in [3.63, 3.8) is 0 Å². The van der Waals surface area contributed by atoms with E-state index in [1.807, 2.05) is 24.3 Å². The molecule has 3 rings (SSSR count). The van der Waals surface area contributed by atoms with Gasteiger partial charge in [-0.2, -0.15) is 0 Å². The molecule has 6 nitrogen and oxygen atoms in total. The van der Waals surface area contributed by atoms with Crippen LogP contribution in [0.1, 0.15) is 10.4 Å². The van der Waals surface area contributed by atoms with E-state index in [1.54, 1.807) is 24.4 Å². The lowest BCUT2D eigenvalue weighted by molar-refractivity contribution is 0.102. The largest absolute Gasteiger partial charge is 0.320 e. The van der Waals surface area contributed by atoms with Gasteiger partial charge in [0.05, 0.1) is 17.5 Å². The number of aromatic nitrogens is 1. The Bertz CT molecular complexity index is 994. The SMILES string of the molecule is CS(=O)(=O)Nc1ccc(C(=O)Nc2cccc3cccnc23)cc1. The number of anilines is 2. The van der Waals surface area contributed by atoms with Gasteiger partial charge in [0.2, 0.25) is 10.0 Å². The molecule has 1 heterocycles. The molecule has 0 spiro atoms. The second-order valence-corrected chi connectivity index (χ2v) is 7.03. The number of fused-ring (bicyclic) bond motifs is 1. The maximum absolute atomic E-state index is 12.4. The van der Waals surface area contributed by atoms with E-state index in [1.165, 1.54) is 12.1 Å². The van der Waals surface area contributed by atoms with E-state index in [9.17, 15) is 13.2 Å². The van der Waals surface area contributed by atoms with Crippen molar-refractivity contribution < 1.29 is 13.2 Å². The molecule has 7 heteroatoms. The van der Waals surface area contributed by atoms with Crippen molar-refractivity contribution in [2.75, 3.05) is 16.3 Å². The van der Waals surface area contributed by atoms with Crippen molar-refractivity contribution in [3.8, 4) is 0 Å². The Hall–Kier alpha value is -2.93. The molecule has 0 unspecified atom stereocenters. The van der Waals surface area contributed by atoms with E-state index in [2.05, 4.69) is 15.0 Å². The van der Waals surface area contributed by atoms with E-state index in [4.69, 9.17) is 0 Å². The Labute approximate surface area is 139 Å². The number of nitrogens with zero attached hydrogens (tertiary/aromatic N) is 1. The number of amides is 1. The summed E-state index contributed by atoms with van der Waals surface area (Å²) in [6, 6.07) is 15.5. The molecule has 0 aliphatic heterocycles. The summed E-state index contributed by atoms with van der Waals surface area (Å²) in [5.41, 5.74) is 2.16. The van der Waals surface area contributed by atoms with Gasteiger partial charge in [0, 0.05) is 22.8 Å². The van der Waals surface area contributed by atoms with Gasteiger partial charge in [-0.1, -0.05) is 18.2 Å². The van der Waals surface area contributed by atoms with E-state index in [-0.39, 0.29) is 5.91 Å². The summed E-state index contributed by atoms with van der Waals surface area (Å²) in [6.07, 6.45) is 2.74. The standard InChI is InChI=1S/C17H15N3O3S/c1-24(22,23)20-14-9-7-13(8-10-14)17(21)19-15-6-2-4-12-5-3-11-18-16(12)15/h2-11,20H,1H3,(H,19,21). The number of pyridine rings is 1. The Kier molecular flexibility index (Phi) is 4.18. The summed E-state index contributed by atoms with van der Waals surface area (Å²) in [6.45, 7) is 0. The van der Waals surface area contributed by atoms with Crippen LogP contribution in [0.25, 0.3) is 10.9 Å². The molecule has 0 radical (unpaired) electrons. The van der Waals surface area contributed by atoms with Crippen molar-refractivity contribution in [2.45, 2.75) is 0 Å². The highest BCUT2D eigenvalue weighted by Crippen LogP contribution is 2.21. The molecule has 1 aromatic heterocycles. The van der Waals surface area contributed by atoms with Crippen molar-refractivity contribution in [1.29, 1.82) is 0 Å². The van der Waals surface area contributed by atoms with Crippen LogP contribution in [-0.4, -0.2) is 25.6 Å². The fraction of sp³-hybridized carbons (Fsp3) is 0.0588. The summed E-state index contributed by atoms with van der Waals surface area (Å²) in [7, 11) is -3.34. The minimum Gasteiger partial charge on any atom is -0.320 e. The molecule has 0 fully saturated rings. The summed E-state index contributed by atoms with van der Waals surface area (Å²) in [5.74, 6) is -0.293. The summed E-state index contributed by atoms with van der Waals surface area (Å²) in [4.78, 5) is 16.7. The molecule has 1 amide bonds. The number of hydrogen-bond acceptors (Lipinski definition) is 4. The van der Waals surface area contributed by atoms with Gasteiger partial charge in [0.15, 0.2) is 0 Å². The first-order valence-corrected chi connectivity index (χ1v) is 9.04. The third-order valence-corrected chi connectivity index (χ3v) is 3.94. The fourth-order valence-corrected chi connectivity index (χ4v) is 2.87. The third-order valence-electron chi connectivity index (χ3n) is 3.33. The minimum atomic E-state index is -3.34. The average molecular weight is 341 g/mol. The molecule has 2 N–H and O–H groups in total. The quantitative estimate of drug-likeness (QED) is 0.764. The molecule has 0 saturated heterocycles. The number of para-hydroxylation sites is 1. The third kappa shape index (κ3) is 3.69. The van der Waals surface area contributed by atoms with Gasteiger partial charge in [0.1, 0.15) is 0 Å². The number of nitrogens with one attached hydrogen (secondary N) is 2. The first-order valence-electron chi connectivity index (χ1n) is 7.15. The Morgan fingerprint density at radius 1 is 1.00 bits per heavy atom. The van der Waals surface area contributed by atoms with Crippen LogP contribution >= 0.6 is 0 Å². The van der Waals surface area contributed by atoms with Crippen LogP contribution in [0.15, 0.2) is 60.8 Å². The Morgan fingerprint density at radius 3 is 2.42 bits per heavy atom. The van der Waals surface area contributed by atoms with Crippen LogP contribution in [0.2, 0.25) is 0 Å². The van der Waals surface area contributed by atoms with Crippen LogP contribution < -0.4 is 10.0 Å². The number of carbonyl (C=O) groups excluding carboxylic acids is 1. The first kappa shape index (κ1) is 15.9. The molecule has 2 aromatic carbocycles. The maximum Gasteiger partial charge on any atom is 0.255 e. The van der Waals surface area contributed by atoms with Crippen LogP contribution in [-0.2, 0) is 10.0 Å². The molecule has 0 bridgehead atoms. The molecular formula is C17H15N3O3S. The fourth-order valence-electron chi connectivity index (χ4n) is 2.30. The number of hydrogen-bond donors (Lipinski definition) is 2. The van der Waals surface area contributed by atoms with Gasteiger partial charge in [-0.3, -0.25) is 14.5 Å². The minimum absolute atomic E-state index is 0.293. The van der Waals surface area contributed by atoms with Gasteiger partial charge >= 0.3 is 0 Å². The topological polar surface area (TPSA) is 88.2 Å². The molecule has 0 atom stereocenters. The van der Waals surface area contributed by atoms with Crippen molar-refractivity contribution in [3.05, 3.63) is 66.4 Å². The summed E-state index contributed by atoms with van der Waals surface area (Å²) in [5, 5.41) is 3.76. The highest BCUT2D eigenvalue weighted by atomic mass is 32.2. The molecule has 0 aliphatic carbocycles. The van der Waals surface area contributed by atoms with Gasteiger partial charge < -0.3 is 5.32 Å². The summed E-state index contributed by atoms with van der Waals surface area (Å²) < 4.78 is 24.7. The zero-order valence-corrected chi connectivity index (χ0v) is 13.7. The molecule has 24 heavy (non-hydrogen) atoms. The number of sulfonamides is 1. The number of rotatable bonds is 4. The number of carbonyl (C=O) groups is 1. The Morgan fingerprint density at radius 2 is 1.71 bits per heavy atom. The van der Waals surface area contributed by atoms with E-state index >= 15 is 0 Å². The highest BCUT2D eigenvalue weighted by Gasteiger charge is 2.09. The van der Waals surface area contributed by atoms with Crippen LogP contribution in [0, 0.1) is 0 Å². The second-order valence-electron chi connectivity index (χ2n) is 5.29.